The molecule has 0 bridgehead atoms. The van der Waals surface area contributed by atoms with E-state index >= 15 is 0 Å². The zero-order valence-electron chi connectivity index (χ0n) is 8.31. The maximum atomic E-state index is 11.1. The summed E-state index contributed by atoms with van der Waals surface area (Å²) in [4.78, 5) is 11.1. The van der Waals surface area contributed by atoms with Gasteiger partial charge in [-0.1, -0.05) is 43.3 Å². The third kappa shape index (κ3) is 2.22. The third-order valence-corrected chi connectivity index (χ3v) is 2.45. The fourth-order valence-corrected chi connectivity index (χ4v) is 1.53. The summed E-state index contributed by atoms with van der Waals surface area (Å²) in [5.74, 6) is -0.528. The van der Waals surface area contributed by atoms with E-state index < -0.39 is 0 Å². The number of hydrogen-bond acceptors (Lipinski definition) is 1. The fraction of sp³-hybridized carbons (Fsp3) is 0.250. The molecule has 74 valence electrons. The van der Waals surface area contributed by atoms with Crippen molar-refractivity contribution >= 4 is 5.91 Å². The van der Waals surface area contributed by atoms with E-state index in [0.29, 0.717) is 0 Å². The summed E-state index contributed by atoms with van der Waals surface area (Å²) in [5, 5.41) is 0. The van der Waals surface area contributed by atoms with Gasteiger partial charge in [-0.05, 0) is 11.5 Å². The Morgan fingerprint density at radius 3 is 2.43 bits per heavy atom. The summed E-state index contributed by atoms with van der Waals surface area (Å²) in [5.41, 5.74) is 6.38. The van der Waals surface area contributed by atoms with Crippen LogP contribution in [0.15, 0.2) is 43.0 Å². The molecule has 1 amide bonds. The lowest BCUT2D eigenvalue weighted by Gasteiger charge is -2.17. The van der Waals surface area contributed by atoms with E-state index in [1.807, 2.05) is 37.3 Å². The Morgan fingerprint density at radius 1 is 1.43 bits per heavy atom. The lowest BCUT2D eigenvalue weighted by molar-refractivity contribution is -0.120. The molecule has 1 rings (SSSR count). The van der Waals surface area contributed by atoms with Crippen LogP contribution in [-0.2, 0) is 4.79 Å². The van der Waals surface area contributed by atoms with Crippen molar-refractivity contribution < 1.29 is 4.79 Å². The van der Waals surface area contributed by atoms with Crippen molar-refractivity contribution in [1.82, 2.24) is 0 Å². The molecular formula is C12H15NO. The minimum Gasteiger partial charge on any atom is -0.369 e. The minimum atomic E-state index is -0.323. The SMILES string of the molecule is C=C[C@H](C(N)=O)[C@@H](C)c1ccccc1. The van der Waals surface area contributed by atoms with Crippen molar-refractivity contribution in [3.05, 3.63) is 48.6 Å². The Labute approximate surface area is 84.4 Å². The van der Waals surface area contributed by atoms with Crippen LogP contribution in [0.3, 0.4) is 0 Å². The van der Waals surface area contributed by atoms with Gasteiger partial charge in [0.05, 0.1) is 5.92 Å². The zero-order chi connectivity index (χ0) is 10.6. The van der Waals surface area contributed by atoms with Gasteiger partial charge in [0.2, 0.25) is 5.91 Å². The molecule has 0 fully saturated rings. The molecule has 0 aromatic heterocycles. The zero-order valence-corrected chi connectivity index (χ0v) is 8.31. The van der Waals surface area contributed by atoms with Crippen LogP contribution in [0.25, 0.3) is 0 Å². The molecule has 2 nitrogen and oxygen atoms in total. The van der Waals surface area contributed by atoms with Crippen LogP contribution in [0.4, 0.5) is 0 Å². The Kier molecular flexibility index (Phi) is 3.46. The molecule has 14 heavy (non-hydrogen) atoms. The lowest BCUT2D eigenvalue weighted by Crippen LogP contribution is -2.25. The highest BCUT2D eigenvalue weighted by molar-refractivity contribution is 5.79. The normalized spacial score (nSPS) is 14.4. The summed E-state index contributed by atoms with van der Waals surface area (Å²) in [6.45, 7) is 5.61. The number of hydrogen-bond donors (Lipinski definition) is 1. The number of nitrogens with two attached hydrogens (primary N) is 1. The van der Waals surface area contributed by atoms with Crippen molar-refractivity contribution in [2.45, 2.75) is 12.8 Å². The first-order valence-corrected chi connectivity index (χ1v) is 4.63. The van der Waals surface area contributed by atoms with Crippen LogP contribution >= 0.6 is 0 Å². The van der Waals surface area contributed by atoms with Gasteiger partial charge in [0.25, 0.3) is 0 Å². The number of carbonyl (C=O) groups excluding carboxylic acids is 1. The molecule has 0 saturated heterocycles. The highest BCUT2D eigenvalue weighted by atomic mass is 16.1. The van der Waals surface area contributed by atoms with Gasteiger partial charge >= 0.3 is 0 Å². The Morgan fingerprint density at radius 2 is 2.00 bits per heavy atom. The molecule has 0 unspecified atom stereocenters. The van der Waals surface area contributed by atoms with Gasteiger partial charge in [-0.3, -0.25) is 4.79 Å². The highest BCUT2D eigenvalue weighted by Crippen LogP contribution is 2.24. The molecule has 0 spiro atoms. The van der Waals surface area contributed by atoms with Crippen LogP contribution in [0, 0.1) is 5.92 Å². The predicted molar refractivity (Wildman–Crippen MR) is 57.7 cm³/mol. The van der Waals surface area contributed by atoms with Crippen molar-refractivity contribution in [3.8, 4) is 0 Å². The maximum absolute atomic E-state index is 11.1. The molecule has 1 aromatic rings. The molecule has 0 radical (unpaired) electrons. The van der Waals surface area contributed by atoms with Gasteiger partial charge in [0.1, 0.15) is 0 Å². The largest absolute Gasteiger partial charge is 0.369 e. The minimum absolute atomic E-state index is 0.0891. The fourth-order valence-electron chi connectivity index (χ4n) is 1.53. The van der Waals surface area contributed by atoms with Crippen LogP contribution < -0.4 is 5.73 Å². The second-order valence-corrected chi connectivity index (χ2v) is 3.36. The summed E-state index contributed by atoms with van der Waals surface area (Å²) in [6, 6.07) is 9.83. The molecule has 2 atom stereocenters. The van der Waals surface area contributed by atoms with Gasteiger partial charge in [-0.25, -0.2) is 0 Å². The molecule has 0 heterocycles. The van der Waals surface area contributed by atoms with E-state index in [1.165, 1.54) is 0 Å². The molecule has 0 aliphatic heterocycles. The molecule has 2 heteroatoms. The first-order valence-electron chi connectivity index (χ1n) is 4.63. The molecule has 0 aliphatic rings. The number of carbonyl (C=O) groups is 1. The Balaban J connectivity index is 2.88. The average molecular weight is 189 g/mol. The van der Waals surface area contributed by atoms with E-state index in [9.17, 15) is 4.79 Å². The van der Waals surface area contributed by atoms with Crippen molar-refractivity contribution in [3.63, 3.8) is 0 Å². The lowest BCUT2D eigenvalue weighted by atomic mass is 9.87. The molecular weight excluding hydrogens is 174 g/mol. The number of rotatable bonds is 4. The van der Waals surface area contributed by atoms with Gasteiger partial charge in [-0.15, -0.1) is 6.58 Å². The number of amides is 1. The van der Waals surface area contributed by atoms with E-state index in [4.69, 9.17) is 5.73 Å². The first kappa shape index (κ1) is 10.5. The smallest absolute Gasteiger partial charge is 0.224 e. The van der Waals surface area contributed by atoms with Crippen molar-refractivity contribution in [1.29, 1.82) is 0 Å². The summed E-state index contributed by atoms with van der Waals surface area (Å²) in [6.07, 6.45) is 1.61. The highest BCUT2D eigenvalue weighted by Gasteiger charge is 2.20. The molecule has 2 N–H and O–H groups in total. The Hall–Kier alpha value is -1.57. The monoisotopic (exact) mass is 189 g/mol. The van der Waals surface area contributed by atoms with Crippen LogP contribution in [0.5, 0.6) is 0 Å². The maximum Gasteiger partial charge on any atom is 0.224 e. The summed E-state index contributed by atoms with van der Waals surface area (Å²) >= 11 is 0. The second kappa shape index (κ2) is 4.61. The predicted octanol–water partition coefficient (Wildman–Crippen LogP) is 2.08. The average Bonchev–Trinajstić information content (AvgIpc) is 2.19. The molecule has 0 saturated carbocycles. The van der Waals surface area contributed by atoms with Crippen LogP contribution in [0.1, 0.15) is 18.4 Å². The summed E-state index contributed by atoms with van der Waals surface area (Å²) in [7, 11) is 0. The Bertz CT molecular complexity index is 318. The second-order valence-electron chi connectivity index (χ2n) is 3.36. The third-order valence-electron chi connectivity index (χ3n) is 2.45. The van der Waals surface area contributed by atoms with E-state index in [1.54, 1.807) is 6.08 Å². The van der Waals surface area contributed by atoms with Gasteiger partial charge in [-0.2, -0.15) is 0 Å². The van der Waals surface area contributed by atoms with Crippen molar-refractivity contribution in [2.24, 2.45) is 11.7 Å². The van der Waals surface area contributed by atoms with Crippen LogP contribution in [-0.4, -0.2) is 5.91 Å². The molecule has 0 aliphatic carbocycles. The van der Waals surface area contributed by atoms with E-state index in [-0.39, 0.29) is 17.7 Å². The van der Waals surface area contributed by atoms with Crippen LogP contribution in [0.2, 0.25) is 0 Å². The first-order chi connectivity index (χ1) is 6.66. The van der Waals surface area contributed by atoms with Gasteiger partial charge < -0.3 is 5.73 Å². The molecule has 1 aromatic carbocycles. The van der Waals surface area contributed by atoms with E-state index in [0.717, 1.165) is 5.56 Å². The van der Waals surface area contributed by atoms with Crippen molar-refractivity contribution in [2.75, 3.05) is 0 Å². The summed E-state index contributed by atoms with van der Waals surface area (Å²) < 4.78 is 0. The van der Waals surface area contributed by atoms with E-state index in [2.05, 4.69) is 6.58 Å². The standard InChI is InChI=1S/C12H15NO/c1-3-11(12(13)14)9(2)10-7-5-4-6-8-10/h3-9,11H,1H2,2H3,(H2,13,14)/t9-,11-/m0/s1. The number of primary amides is 1. The number of benzene rings is 1. The van der Waals surface area contributed by atoms with Gasteiger partial charge in [0, 0.05) is 0 Å². The quantitative estimate of drug-likeness (QED) is 0.724. The topological polar surface area (TPSA) is 43.1 Å². The van der Waals surface area contributed by atoms with Gasteiger partial charge in [0.15, 0.2) is 0 Å².